The third-order valence-corrected chi connectivity index (χ3v) is 5.90. The summed E-state index contributed by atoms with van der Waals surface area (Å²) in [6.45, 7) is 5.61. The van der Waals surface area contributed by atoms with E-state index in [1.165, 1.54) is 5.56 Å². The fourth-order valence-electron chi connectivity index (χ4n) is 3.72. The van der Waals surface area contributed by atoms with Gasteiger partial charge < -0.3 is 19.7 Å². The van der Waals surface area contributed by atoms with Crippen LogP contribution in [0.2, 0.25) is 0 Å². The first-order chi connectivity index (χ1) is 17.3. The van der Waals surface area contributed by atoms with Crippen molar-refractivity contribution in [3.63, 3.8) is 0 Å². The number of nitrogens with zero attached hydrogens (tertiary/aromatic N) is 1. The highest BCUT2D eigenvalue weighted by molar-refractivity contribution is 7.80. The van der Waals surface area contributed by atoms with E-state index in [2.05, 4.69) is 10.6 Å². The van der Waals surface area contributed by atoms with Crippen LogP contribution in [0.1, 0.15) is 42.6 Å². The minimum Gasteiger partial charge on any atom is -0.493 e. The van der Waals surface area contributed by atoms with Gasteiger partial charge in [-0.1, -0.05) is 50.2 Å². The zero-order chi connectivity index (χ0) is 25.9. The topological polar surface area (TPSA) is 97.0 Å². The van der Waals surface area contributed by atoms with E-state index in [4.69, 9.17) is 21.7 Å². The van der Waals surface area contributed by atoms with Gasteiger partial charge >= 0.3 is 5.97 Å². The second-order valence-electron chi connectivity index (χ2n) is 9.01. The average Bonchev–Trinajstić information content (AvgIpc) is 2.87. The minimum absolute atomic E-state index is 0.0882. The summed E-state index contributed by atoms with van der Waals surface area (Å²) in [4.78, 5) is 39.4. The summed E-state index contributed by atoms with van der Waals surface area (Å²) in [5.41, 5.74) is 1.55. The summed E-state index contributed by atoms with van der Waals surface area (Å²) in [6.07, 6.45) is 1.32. The quantitative estimate of drug-likeness (QED) is 0.287. The number of amides is 2. The molecule has 1 fully saturated rings. The van der Waals surface area contributed by atoms with E-state index in [9.17, 15) is 14.4 Å². The molecule has 1 atom stereocenters. The lowest BCUT2D eigenvalue weighted by molar-refractivity contribution is -0.147. The van der Waals surface area contributed by atoms with Gasteiger partial charge in [0.1, 0.15) is 11.8 Å². The highest BCUT2D eigenvalue weighted by atomic mass is 32.1. The Morgan fingerprint density at radius 1 is 1.17 bits per heavy atom. The molecule has 3 rings (SSSR count). The predicted octanol–water partition coefficient (Wildman–Crippen LogP) is 3.10. The van der Waals surface area contributed by atoms with E-state index in [1.807, 2.05) is 44.2 Å². The molecule has 0 aromatic heterocycles. The molecule has 2 aromatic rings. The van der Waals surface area contributed by atoms with Crippen LogP contribution in [0.5, 0.6) is 5.75 Å². The van der Waals surface area contributed by atoms with Crippen molar-refractivity contribution in [2.75, 3.05) is 26.3 Å². The van der Waals surface area contributed by atoms with Crippen LogP contribution in [-0.4, -0.2) is 60.1 Å². The Bertz CT molecular complexity index is 1060. The maximum Gasteiger partial charge on any atom is 0.308 e. The highest BCUT2D eigenvalue weighted by Gasteiger charge is 2.34. The molecule has 36 heavy (non-hydrogen) atoms. The Morgan fingerprint density at radius 2 is 1.94 bits per heavy atom. The van der Waals surface area contributed by atoms with Gasteiger partial charge in [0, 0.05) is 18.7 Å². The molecule has 1 unspecified atom stereocenters. The van der Waals surface area contributed by atoms with Crippen molar-refractivity contribution < 1.29 is 23.9 Å². The van der Waals surface area contributed by atoms with Gasteiger partial charge in [-0.3, -0.25) is 19.7 Å². The molecule has 0 saturated carbocycles. The molecule has 0 bridgehead atoms. The second-order valence-corrected chi connectivity index (χ2v) is 9.39. The number of hydrogen-bond acceptors (Lipinski definition) is 6. The Kier molecular flexibility index (Phi) is 10.2. The molecule has 1 aliphatic rings. The monoisotopic (exact) mass is 511 g/mol. The molecule has 1 aliphatic heterocycles. The van der Waals surface area contributed by atoms with Crippen LogP contribution < -0.4 is 15.4 Å². The van der Waals surface area contributed by atoms with Crippen molar-refractivity contribution in [2.24, 2.45) is 5.92 Å². The molecular formula is C27H33N3O5S. The van der Waals surface area contributed by atoms with Crippen LogP contribution in [0.4, 0.5) is 0 Å². The molecule has 0 spiro atoms. The van der Waals surface area contributed by atoms with E-state index in [-0.39, 0.29) is 24.0 Å². The number of benzene rings is 2. The summed E-state index contributed by atoms with van der Waals surface area (Å²) in [7, 11) is 0. The van der Waals surface area contributed by atoms with E-state index in [0.717, 1.165) is 6.42 Å². The van der Waals surface area contributed by atoms with Crippen LogP contribution in [0.3, 0.4) is 0 Å². The van der Waals surface area contributed by atoms with E-state index >= 15 is 0 Å². The summed E-state index contributed by atoms with van der Waals surface area (Å²) in [5, 5.41) is 5.52. The number of piperazine rings is 1. The summed E-state index contributed by atoms with van der Waals surface area (Å²) >= 11 is 5.44. The van der Waals surface area contributed by atoms with Crippen molar-refractivity contribution in [3.05, 3.63) is 65.7 Å². The van der Waals surface area contributed by atoms with Crippen LogP contribution in [-0.2, 0) is 20.7 Å². The second kappa shape index (κ2) is 13.6. The zero-order valence-corrected chi connectivity index (χ0v) is 21.5. The van der Waals surface area contributed by atoms with Gasteiger partial charge in [0.15, 0.2) is 5.11 Å². The Balaban J connectivity index is 1.53. The number of ether oxygens (including phenoxy) is 2. The van der Waals surface area contributed by atoms with E-state index < -0.39 is 17.9 Å². The summed E-state index contributed by atoms with van der Waals surface area (Å²) < 4.78 is 11.0. The lowest BCUT2D eigenvalue weighted by Crippen LogP contribution is -2.60. The zero-order valence-electron chi connectivity index (χ0n) is 20.7. The van der Waals surface area contributed by atoms with Crippen LogP contribution in [0.15, 0.2) is 54.6 Å². The molecule has 2 N–H and O–H groups in total. The maximum absolute atomic E-state index is 12.8. The van der Waals surface area contributed by atoms with Gasteiger partial charge in [-0.2, -0.15) is 0 Å². The Morgan fingerprint density at radius 3 is 2.69 bits per heavy atom. The number of carbonyl (C=O) groups is 3. The first kappa shape index (κ1) is 27.1. The number of rotatable bonds is 10. The summed E-state index contributed by atoms with van der Waals surface area (Å²) in [5.74, 6) is -0.286. The molecule has 2 aromatic carbocycles. The molecule has 192 valence electrons. The number of hydrogen-bond donors (Lipinski definition) is 2. The van der Waals surface area contributed by atoms with Crippen molar-refractivity contribution in [2.45, 2.75) is 39.2 Å². The fraction of sp³-hybridized carbons (Fsp3) is 0.407. The number of thiocarbonyl (C=S) groups is 1. The van der Waals surface area contributed by atoms with Gasteiger partial charge in [-0.15, -0.1) is 0 Å². The van der Waals surface area contributed by atoms with Crippen molar-refractivity contribution in [3.8, 4) is 5.75 Å². The smallest absolute Gasteiger partial charge is 0.308 e. The van der Waals surface area contributed by atoms with E-state index in [1.54, 1.807) is 29.2 Å². The molecule has 9 heteroatoms. The predicted molar refractivity (Wildman–Crippen MR) is 141 cm³/mol. The molecule has 2 amide bonds. The molecule has 1 saturated heterocycles. The largest absolute Gasteiger partial charge is 0.493 e. The van der Waals surface area contributed by atoms with Gasteiger partial charge in [-0.25, -0.2) is 0 Å². The third kappa shape index (κ3) is 8.34. The molecule has 0 radical (unpaired) electrons. The maximum atomic E-state index is 12.8. The van der Waals surface area contributed by atoms with E-state index in [0.29, 0.717) is 43.3 Å². The molecular weight excluding hydrogens is 478 g/mol. The van der Waals surface area contributed by atoms with Crippen LogP contribution in [0, 0.1) is 5.92 Å². The van der Waals surface area contributed by atoms with Gasteiger partial charge in [0.2, 0.25) is 5.91 Å². The first-order valence-electron chi connectivity index (χ1n) is 12.2. The normalized spacial score (nSPS) is 15.2. The number of carbonyl (C=O) groups excluding carboxylic acids is 3. The third-order valence-electron chi connectivity index (χ3n) is 5.57. The van der Waals surface area contributed by atoms with Gasteiger partial charge in [0.25, 0.3) is 5.91 Å². The van der Waals surface area contributed by atoms with Crippen LogP contribution in [0.25, 0.3) is 0 Å². The SMILES string of the molecule is CC(C)COc1cccc(C(=O)NC(=S)N2CCNC(=O)C2CC(=O)OCCCc2ccccc2)c1. The Labute approximate surface area is 217 Å². The lowest BCUT2D eigenvalue weighted by Gasteiger charge is -2.36. The van der Waals surface area contributed by atoms with Gasteiger partial charge in [0.05, 0.1) is 19.6 Å². The van der Waals surface area contributed by atoms with Crippen molar-refractivity contribution in [1.29, 1.82) is 0 Å². The first-order valence-corrected chi connectivity index (χ1v) is 12.6. The molecule has 8 nitrogen and oxygen atoms in total. The van der Waals surface area contributed by atoms with Crippen molar-refractivity contribution >= 4 is 35.1 Å². The van der Waals surface area contributed by atoms with Crippen LogP contribution >= 0.6 is 12.2 Å². The lowest BCUT2D eigenvalue weighted by atomic mass is 10.1. The Hall–Kier alpha value is -3.46. The molecule has 1 heterocycles. The standard InChI is InChI=1S/C27H33N3O5S/c1-19(2)18-35-22-12-6-11-21(16-22)25(32)29-27(36)30-14-13-28-26(33)23(30)17-24(31)34-15-7-10-20-8-4-3-5-9-20/h3-6,8-9,11-12,16,19,23H,7,10,13-15,17-18H2,1-2H3,(H,28,33)(H,29,32,36). The highest BCUT2D eigenvalue weighted by Crippen LogP contribution is 2.16. The number of aryl methyl sites for hydroxylation is 1. The van der Waals surface area contributed by atoms with Crippen molar-refractivity contribution in [1.82, 2.24) is 15.5 Å². The van der Waals surface area contributed by atoms with Gasteiger partial charge in [-0.05, 0) is 54.7 Å². The molecule has 0 aliphatic carbocycles. The fourth-order valence-corrected chi connectivity index (χ4v) is 4.03. The average molecular weight is 512 g/mol. The number of esters is 1. The minimum atomic E-state index is -0.853. The number of nitrogens with one attached hydrogen (secondary N) is 2. The summed E-state index contributed by atoms with van der Waals surface area (Å²) in [6, 6.07) is 15.9.